The molecule has 0 unspecified atom stereocenters. The number of hydrogen-bond donors (Lipinski definition) is 2. The van der Waals surface area contributed by atoms with Gasteiger partial charge in [-0.3, -0.25) is 9.71 Å². The SMILES string of the molecule is C=Nc1c(NS(=O)(=O)c2ccccc2)cccc1N1CCCNCCC1. The van der Waals surface area contributed by atoms with Crippen LogP contribution in [0.15, 0.2) is 58.4 Å². The second-order valence-electron chi connectivity index (χ2n) is 6.19. The highest BCUT2D eigenvalue weighted by Crippen LogP contribution is 2.37. The summed E-state index contributed by atoms with van der Waals surface area (Å²) < 4.78 is 28.0. The molecule has 7 heteroatoms. The molecule has 2 aromatic carbocycles. The van der Waals surface area contributed by atoms with Gasteiger partial charge in [0.1, 0.15) is 5.69 Å². The van der Waals surface area contributed by atoms with E-state index < -0.39 is 10.0 Å². The highest BCUT2D eigenvalue weighted by molar-refractivity contribution is 7.92. The van der Waals surface area contributed by atoms with Crippen LogP contribution < -0.4 is 14.9 Å². The molecule has 6 nitrogen and oxygen atoms in total. The normalized spacial score (nSPS) is 15.8. The van der Waals surface area contributed by atoms with Gasteiger partial charge >= 0.3 is 0 Å². The minimum absolute atomic E-state index is 0.220. The lowest BCUT2D eigenvalue weighted by Gasteiger charge is -2.29. The number of nitrogens with zero attached hydrogens (tertiary/aromatic N) is 2. The standard InChI is InChI=1S/C19H24N4O2S/c1-20-19-17(22-26(24,25)16-8-3-2-4-9-16)10-5-11-18(19)23-14-6-12-21-13-7-15-23/h2-5,8-11,21-22H,1,6-7,12-15H2. The zero-order valence-corrected chi connectivity index (χ0v) is 15.5. The summed E-state index contributed by atoms with van der Waals surface area (Å²) in [6.07, 6.45) is 2.05. The van der Waals surface area contributed by atoms with Crippen molar-refractivity contribution in [1.29, 1.82) is 0 Å². The quantitative estimate of drug-likeness (QED) is 0.792. The summed E-state index contributed by atoms with van der Waals surface area (Å²) in [5, 5.41) is 3.39. The van der Waals surface area contributed by atoms with Gasteiger partial charge in [-0.2, -0.15) is 0 Å². The van der Waals surface area contributed by atoms with Crippen LogP contribution in [0.1, 0.15) is 12.8 Å². The van der Waals surface area contributed by atoms with Crippen LogP contribution in [-0.4, -0.2) is 41.3 Å². The predicted octanol–water partition coefficient (Wildman–Crippen LogP) is 3.01. The van der Waals surface area contributed by atoms with Crippen LogP contribution in [0.5, 0.6) is 0 Å². The fraction of sp³-hybridized carbons (Fsp3) is 0.316. The molecule has 0 amide bonds. The van der Waals surface area contributed by atoms with E-state index in [0.29, 0.717) is 11.4 Å². The van der Waals surface area contributed by atoms with Crippen LogP contribution in [0.3, 0.4) is 0 Å². The Hall–Kier alpha value is -2.38. The van der Waals surface area contributed by atoms with Crippen LogP contribution >= 0.6 is 0 Å². The molecule has 138 valence electrons. The topological polar surface area (TPSA) is 73.8 Å². The number of nitrogens with one attached hydrogen (secondary N) is 2. The van der Waals surface area contributed by atoms with Crippen molar-refractivity contribution < 1.29 is 8.42 Å². The van der Waals surface area contributed by atoms with Gasteiger partial charge in [0.15, 0.2) is 0 Å². The molecule has 0 aromatic heterocycles. The molecule has 2 aromatic rings. The highest BCUT2D eigenvalue weighted by atomic mass is 32.2. The lowest BCUT2D eigenvalue weighted by molar-refractivity contribution is 0.567. The maximum Gasteiger partial charge on any atom is 0.261 e. The largest absolute Gasteiger partial charge is 0.370 e. The van der Waals surface area contributed by atoms with Crippen LogP contribution in [0.25, 0.3) is 0 Å². The van der Waals surface area contributed by atoms with Crippen molar-refractivity contribution in [2.24, 2.45) is 4.99 Å². The van der Waals surface area contributed by atoms with Crippen molar-refractivity contribution in [2.45, 2.75) is 17.7 Å². The number of rotatable bonds is 5. The first-order chi connectivity index (χ1) is 12.6. The van der Waals surface area contributed by atoms with Crippen LogP contribution in [0, 0.1) is 0 Å². The molecular formula is C19H24N4O2S. The molecule has 0 aliphatic carbocycles. The van der Waals surface area contributed by atoms with Gasteiger partial charge in [0.2, 0.25) is 0 Å². The zero-order chi connectivity index (χ0) is 18.4. The number of benzene rings is 2. The Bertz CT molecular complexity index is 845. The summed E-state index contributed by atoms with van der Waals surface area (Å²) in [5.74, 6) is 0. The molecule has 0 spiro atoms. The number of hydrogen-bond acceptors (Lipinski definition) is 5. The Morgan fingerprint density at radius 3 is 2.35 bits per heavy atom. The van der Waals surface area contributed by atoms with E-state index in [9.17, 15) is 8.42 Å². The molecule has 0 bridgehead atoms. The van der Waals surface area contributed by atoms with Crippen molar-refractivity contribution >= 4 is 33.8 Å². The molecule has 26 heavy (non-hydrogen) atoms. The minimum atomic E-state index is -3.67. The third-order valence-electron chi connectivity index (χ3n) is 4.37. The van der Waals surface area contributed by atoms with E-state index in [0.717, 1.165) is 44.7 Å². The summed E-state index contributed by atoms with van der Waals surface area (Å²) in [6.45, 7) is 7.41. The Kier molecular flexibility index (Phi) is 5.90. The van der Waals surface area contributed by atoms with E-state index in [1.807, 2.05) is 12.1 Å². The molecule has 1 heterocycles. The van der Waals surface area contributed by atoms with Gasteiger partial charge in [-0.15, -0.1) is 0 Å². The monoisotopic (exact) mass is 372 g/mol. The summed E-state index contributed by atoms with van der Waals surface area (Å²) in [5.41, 5.74) is 1.93. The smallest absolute Gasteiger partial charge is 0.261 e. The first kappa shape index (κ1) is 18.4. The Morgan fingerprint density at radius 1 is 1.00 bits per heavy atom. The summed E-state index contributed by atoms with van der Waals surface area (Å²) in [7, 11) is -3.67. The first-order valence-corrected chi connectivity index (χ1v) is 10.2. The highest BCUT2D eigenvalue weighted by Gasteiger charge is 2.19. The van der Waals surface area contributed by atoms with E-state index in [2.05, 4.69) is 26.6 Å². The Labute approximate surface area is 155 Å². The van der Waals surface area contributed by atoms with Gasteiger partial charge < -0.3 is 10.2 Å². The Balaban J connectivity index is 1.92. The van der Waals surface area contributed by atoms with Gasteiger partial charge in [0.25, 0.3) is 10.0 Å². The van der Waals surface area contributed by atoms with E-state index in [4.69, 9.17) is 0 Å². The zero-order valence-electron chi connectivity index (χ0n) is 14.7. The third kappa shape index (κ3) is 4.23. The second kappa shape index (κ2) is 8.33. The maximum absolute atomic E-state index is 12.7. The fourth-order valence-corrected chi connectivity index (χ4v) is 4.19. The van der Waals surface area contributed by atoms with E-state index in [1.165, 1.54) is 0 Å². The summed E-state index contributed by atoms with van der Waals surface area (Å²) >= 11 is 0. The first-order valence-electron chi connectivity index (χ1n) is 8.75. The summed E-state index contributed by atoms with van der Waals surface area (Å²) in [4.78, 5) is 6.62. The molecule has 0 atom stereocenters. The lowest BCUT2D eigenvalue weighted by Crippen LogP contribution is -2.34. The molecule has 0 radical (unpaired) electrons. The molecule has 1 fully saturated rings. The van der Waals surface area contributed by atoms with E-state index in [1.54, 1.807) is 36.4 Å². The molecule has 2 N–H and O–H groups in total. The molecule has 1 aliphatic rings. The third-order valence-corrected chi connectivity index (χ3v) is 5.76. The molecule has 3 rings (SSSR count). The number of aliphatic imine (C=N–C) groups is 1. The van der Waals surface area contributed by atoms with Crippen LogP contribution in [0.4, 0.5) is 17.1 Å². The predicted molar refractivity (Wildman–Crippen MR) is 107 cm³/mol. The van der Waals surface area contributed by atoms with Gasteiger partial charge in [0.05, 0.1) is 16.3 Å². The van der Waals surface area contributed by atoms with Crippen LogP contribution in [0.2, 0.25) is 0 Å². The van der Waals surface area contributed by atoms with Crippen molar-refractivity contribution in [3.05, 3.63) is 48.5 Å². The van der Waals surface area contributed by atoms with E-state index in [-0.39, 0.29) is 4.90 Å². The molecule has 1 aliphatic heterocycles. The minimum Gasteiger partial charge on any atom is -0.370 e. The average molecular weight is 372 g/mol. The molecule has 0 saturated carbocycles. The van der Waals surface area contributed by atoms with Gasteiger partial charge in [-0.25, -0.2) is 8.42 Å². The van der Waals surface area contributed by atoms with Crippen molar-refractivity contribution in [3.8, 4) is 0 Å². The molecular weight excluding hydrogens is 348 g/mol. The number of anilines is 2. The van der Waals surface area contributed by atoms with Crippen molar-refractivity contribution in [3.63, 3.8) is 0 Å². The van der Waals surface area contributed by atoms with Gasteiger partial charge in [0, 0.05) is 13.1 Å². The van der Waals surface area contributed by atoms with Crippen molar-refractivity contribution in [1.82, 2.24) is 5.32 Å². The van der Waals surface area contributed by atoms with E-state index >= 15 is 0 Å². The van der Waals surface area contributed by atoms with Crippen molar-refractivity contribution in [2.75, 3.05) is 35.8 Å². The van der Waals surface area contributed by atoms with Gasteiger partial charge in [-0.05, 0) is 56.9 Å². The summed E-state index contributed by atoms with van der Waals surface area (Å²) in [6, 6.07) is 13.9. The van der Waals surface area contributed by atoms with Crippen LogP contribution in [-0.2, 0) is 10.0 Å². The average Bonchev–Trinajstić information content (AvgIpc) is 2.62. The van der Waals surface area contributed by atoms with Gasteiger partial charge in [-0.1, -0.05) is 24.3 Å². The maximum atomic E-state index is 12.7. The number of para-hydroxylation sites is 1. The number of sulfonamides is 1. The lowest BCUT2D eigenvalue weighted by atomic mass is 10.2. The molecule has 1 saturated heterocycles. The fourth-order valence-electron chi connectivity index (χ4n) is 3.11. The Morgan fingerprint density at radius 2 is 1.69 bits per heavy atom. The second-order valence-corrected chi connectivity index (χ2v) is 7.88.